The van der Waals surface area contributed by atoms with Gasteiger partial charge in [0.1, 0.15) is 5.78 Å². The van der Waals surface area contributed by atoms with Gasteiger partial charge in [0.05, 0.1) is 11.6 Å². The number of hydrogen-bond donors (Lipinski definition) is 0. The predicted molar refractivity (Wildman–Crippen MR) is 57.1 cm³/mol. The Morgan fingerprint density at radius 1 is 1.43 bits per heavy atom. The summed E-state index contributed by atoms with van der Waals surface area (Å²) in [5.74, 6) is 0.337. The molecule has 1 aromatic rings. The first-order valence-electron chi connectivity index (χ1n) is 5.11. The topological polar surface area (TPSA) is 30.0 Å². The Labute approximate surface area is 85.4 Å². The van der Waals surface area contributed by atoms with E-state index in [9.17, 15) is 4.79 Å². The van der Waals surface area contributed by atoms with Gasteiger partial charge in [-0.25, -0.2) is 0 Å². The second-order valence-corrected chi connectivity index (χ2v) is 3.69. The fraction of sp³-hybridized carbons (Fsp3) is 0.500. The highest BCUT2D eigenvalue weighted by Crippen LogP contribution is 2.19. The van der Waals surface area contributed by atoms with Gasteiger partial charge in [0.15, 0.2) is 0 Å². The third kappa shape index (κ3) is 2.41. The van der Waals surface area contributed by atoms with E-state index < -0.39 is 0 Å². The van der Waals surface area contributed by atoms with Crippen LogP contribution in [-0.2, 0) is 4.79 Å². The lowest BCUT2D eigenvalue weighted by Crippen LogP contribution is -2.18. The van der Waals surface area contributed by atoms with Crippen LogP contribution in [0.4, 0.5) is 0 Å². The van der Waals surface area contributed by atoms with Crippen molar-refractivity contribution in [3.63, 3.8) is 0 Å². The van der Waals surface area contributed by atoms with Gasteiger partial charge in [-0.3, -0.25) is 9.78 Å². The van der Waals surface area contributed by atoms with E-state index in [1.807, 2.05) is 39.0 Å². The number of aromatic nitrogens is 1. The van der Waals surface area contributed by atoms with Crippen LogP contribution in [0.3, 0.4) is 0 Å². The minimum Gasteiger partial charge on any atom is -0.299 e. The molecule has 2 nitrogen and oxygen atoms in total. The number of nitrogens with zero attached hydrogens (tertiary/aromatic N) is 1. The fourth-order valence-corrected chi connectivity index (χ4v) is 1.41. The number of carbonyl (C=O) groups excluding carboxylic acids is 1. The van der Waals surface area contributed by atoms with Gasteiger partial charge in [0.2, 0.25) is 0 Å². The molecule has 2 unspecified atom stereocenters. The van der Waals surface area contributed by atoms with Crippen LogP contribution in [0.5, 0.6) is 0 Å². The maximum Gasteiger partial charge on any atom is 0.144 e. The average Bonchev–Trinajstić information content (AvgIpc) is 2.27. The molecule has 0 aliphatic carbocycles. The van der Waals surface area contributed by atoms with Crippen molar-refractivity contribution < 1.29 is 4.79 Å². The molecule has 0 amide bonds. The van der Waals surface area contributed by atoms with Crippen molar-refractivity contribution in [2.24, 2.45) is 5.92 Å². The maximum atomic E-state index is 11.8. The molecule has 0 aromatic carbocycles. The number of pyridine rings is 1. The normalized spacial score (nSPS) is 14.8. The van der Waals surface area contributed by atoms with Gasteiger partial charge in [0, 0.05) is 12.1 Å². The SMILES string of the molecule is CCC(C)C(=O)C(C)c1ccccn1. The van der Waals surface area contributed by atoms with Crippen molar-refractivity contribution in [2.45, 2.75) is 33.1 Å². The smallest absolute Gasteiger partial charge is 0.144 e. The largest absolute Gasteiger partial charge is 0.299 e. The van der Waals surface area contributed by atoms with Crippen LogP contribution >= 0.6 is 0 Å². The monoisotopic (exact) mass is 191 g/mol. The van der Waals surface area contributed by atoms with E-state index in [2.05, 4.69) is 4.98 Å². The molecular weight excluding hydrogens is 174 g/mol. The van der Waals surface area contributed by atoms with Crippen LogP contribution in [0.2, 0.25) is 0 Å². The van der Waals surface area contributed by atoms with Crippen molar-refractivity contribution in [1.82, 2.24) is 4.98 Å². The second-order valence-electron chi connectivity index (χ2n) is 3.69. The highest BCUT2D eigenvalue weighted by atomic mass is 16.1. The summed E-state index contributed by atoms with van der Waals surface area (Å²) in [5.41, 5.74) is 0.873. The first-order valence-corrected chi connectivity index (χ1v) is 5.11. The highest BCUT2D eigenvalue weighted by Gasteiger charge is 2.20. The molecule has 0 spiro atoms. The van der Waals surface area contributed by atoms with Gasteiger partial charge in [-0.15, -0.1) is 0 Å². The molecule has 0 aliphatic rings. The molecular formula is C12H17NO. The van der Waals surface area contributed by atoms with E-state index in [0.717, 1.165) is 12.1 Å². The minimum atomic E-state index is -0.0776. The maximum absolute atomic E-state index is 11.8. The van der Waals surface area contributed by atoms with E-state index in [1.54, 1.807) is 6.20 Å². The third-order valence-corrected chi connectivity index (χ3v) is 2.66. The van der Waals surface area contributed by atoms with Gasteiger partial charge in [-0.05, 0) is 25.5 Å². The number of Topliss-reactive ketones (excluding diaryl/α,β-unsaturated/α-hetero) is 1. The Morgan fingerprint density at radius 3 is 2.64 bits per heavy atom. The van der Waals surface area contributed by atoms with E-state index in [0.29, 0.717) is 0 Å². The summed E-state index contributed by atoms with van der Waals surface area (Å²) in [7, 11) is 0. The van der Waals surface area contributed by atoms with Crippen LogP contribution in [0.15, 0.2) is 24.4 Å². The minimum absolute atomic E-state index is 0.0776. The zero-order valence-electron chi connectivity index (χ0n) is 9.03. The molecule has 0 radical (unpaired) electrons. The molecule has 0 saturated carbocycles. The first kappa shape index (κ1) is 10.9. The summed E-state index contributed by atoms with van der Waals surface area (Å²) in [4.78, 5) is 16.0. The summed E-state index contributed by atoms with van der Waals surface area (Å²) in [5, 5.41) is 0. The summed E-state index contributed by atoms with van der Waals surface area (Å²) in [6.07, 6.45) is 2.63. The molecule has 1 heterocycles. The van der Waals surface area contributed by atoms with Crippen molar-refractivity contribution in [3.8, 4) is 0 Å². The molecule has 2 atom stereocenters. The Kier molecular flexibility index (Phi) is 3.81. The Balaban J connectivity index is 2.76. The van der Waals surface area contributed by atoms with Gasteiger partial charge in [-0.1, -0.05) is 19.9 Å². The molecule has 76 valence electrons. The quantitative estimate of drug-likeness (QED) is 0.732. The molecule has 1 aromatic heterocycles. The summed E-state index contributed by atoms with van der Waals surface area (Å²) in [6, 6.07) is 5.69. The predicted octanol–water partition coefficient (Wildman–Crippen LogP) is 2.80. The Bertz CT molecular complexity index is 294. The third-order valence-electron chi connectivity index (χ3n) is 2.66. The van der Waals surface area contributed by atoms with Crippen LogP contribution in [-0.4, -0.2) is 10.8 Å². The van der Waals surface area contributed by atoms with Crippen LogP contribution < -0.4 is 0 Å². The lowest BCUT2D eigenvalue weighted by molar-refractivity contribution is -0.123. The van der Waals surface area contributed by atoms with Crippen LogP contribution in [0.1, 0.15) is 38.8 Å². The van der Waals surface area contributed by atoms with Crippen LogP contribution in [0.25, 0.3) is 0 Å². The van der Waals surface area contributed by atoms with Crippen LogP contribution in [0, 0.1) is 5.92 Å². The summed E-state index contributed by atoms with van der Waals surface area (Å²) >= 11 is 0. The standard InChI is InChI=1S/C12H17NO/c1-4-9(2)12(14)10(3)11-7-5-6-8-13-11/h5-10H,4H2,1-3H3. The van der Waals surface area contributed by atoms with Gasteiger partial charge >= 0.3 is 0 Å². The molecule has 14 heavy (non-hydrogen) atoms. The van der Waals surface area contributed by atoms with Crippen molar-refractivity contribution in [3.05, 3.63) is 30.1 Å². The summed E-state index contributed by atoms with van der Waals surface area (Å²) in [6.45, 7) is 5.94. The average molecular weight is 191 g/mol. The van der Waals surface area contributed by atoms with Gasteiger partial charge < -0.3 is 0 Å². The number of ketones is 1. The number of hydrogen-bond acceptors (Lipinski definition) is 2. The number of carbonyl (C=O) groups is 1. The Morgan fingerprint density at radius 2 is 2.14 bits per heavy atom. The molecule has 0 bridgehead atoms. The second kappa shape index (κ2) is 4.89. The molecule has 0 aliphatic heterocycles. The van der Waals surface area contributed by atoms with Crippen molar-refractivity contribution in [2.75, 3.05) is 0 Å². The van der Waals surface area contributed by atoms with Gasteiger partial charge in [-0.2, -0.15) is 0 Å². The highest BCUT2D eigenvalue weighted by molar-refractivity contribution is 5.86. The van der Waals surface area contributed by atoms with E-state index in [1.165, 1.54) is 0 Å². The lowest BCUT2D eigenvalue weighted by Gasteiger charge is -2.13. The fourth-order valence-electron chi connectivity index (χ4n) is 1.41. The van der Waals surface area contributed by atoms with Gasteiger partial charge in [0.25, 0.3) is 0 Å². The zero-order valence-corrected chi connectivity index (χ0v) is 9.03. The number of rotatable bonds is 4. The van der Waals surface area contributed by atoms with E-state index in [4.69, 9.17) is 0 Å². The Hall–Kier alpha value is -1.18. The lowest BCUT2D eigenvalue weighted by atomic mass is 9.91. The molecule has 2 heteroatoms. The van der Waals surface area contributed by atoms with Crippen molar-refractivity contribution in [1.29, 1.82) is 0 Å². The molecule has 0 N–H and O–H groups in total. The van der Waals surface area contributed by atoms with Crippen molar-refractivity contribution >= 4 is 5.78 Å². The molecule has 0 fully saturated rings. The van der Waals surface area contributed by atoms with E-state index in [-0.39, 0.29) is 17.6 Å². The first-order chi connectivity index (χ1) is 6.66. The molecule has 1 rings (SSSR count). The summed E-state index contributed by atoms with van der Waals surface area (Å²) < 4.78 is 0. The molecule has 0 saturated heterocycles. The zero-order chi connectivity index (χ0) is 10.6. The van der Waals surface area contributed by atoms with E-state index >= 15 is 0 Å².